The number of aliphatic hydroxyl groups excluding tert-OH is 1. The van der Waals surface area contributed by atoms with Crippen LogP contribution in [-0.2, 0) is 18.3 Å². The van der Waals surface area contributed by atoms with E-state index in [1.165, 1.54) is 4.57 Å². The summed E-state index contributed by atoms with van der Waals surface area (Å²) in [4.78, 5) is 22.0. The molecule has 1 atom stereocenters. The highest BCUT2D eigenvalue weighted by atomic mass is 16.4. The van der Waals surface area contributed by atoms with Crippen LogP contribution in [0.2, 0.25) is 0 Å². The van der Waals surface area contributed by atoms with E-state index in [4.69, 9.17) is 9.52 Å². The van der Waals surface area contributed by atoms with Gasteiger partial charge in [-0.3, -0.25) is 4.57 Å². The molecule has 1 heterocycles. The summed E-state index contributed by atoms with van der Waals surface area (Å²) in [5.74, 6) is -1.74. The summed E-state index contributed by atoms with van der Waals surface area (Å²) in [7, 11) is 1.60. The van der Waals surface area contributed by atoms with Crippen molar-refractivity contribution < 1.29 is 19.4 Å². The Hall–Kier alpha value is -2.08. The predicted molar refractivity (Wildman–Crippen MR) is 63.5 cm³/mol. The second-order valence-electron chi connectivity index (χ2n) is 4.24. The largest absolute Gasteiger partial charge is 0.479 e. The van der Waals surface area contributed by atoms with Crippen molar-refractivity contribution in [1.82, 2.24) is 4.57 Å². The van der Waals surface area contributed by atoms with E-state index in [1.807, 2.05) is 0 Å². The highest BCUT2D eigenvalue weighted by Gasteiger charge is 2.16. The molecule has 0 aliphatic rings. The third-order valence-corrected chi connectivity index (χ3v) is 2.85. The molecule has 1 aromatic carbocycles. The molecule has 18 heavy (non-hydrogen) atoms. The van der Waals surface area contributed by atoms with Gasteiger partial charge in [-0.2, -0.15) is 0 Å². The summed E-state index contributed by atoms with van der Waals surface area (Å²) in [6.07, 6.45) is -1.48. The zero-order chi connectivity index (χ0) is 13.4. The number of aliphatic carboxylic acids is 1. The molecule has 6 nitrogen and oxygen atoms in total. The van der Waals surface area contributed by atoms with Gasteiger partial charge >= 0.3 is 11.7 Å². The zero-order valence-corrected chi connectivity index (χ0v) is 10.0. The summed E-state index contributed by atoms with van der Waals surface area (Å²) >= 11 is 0. The Morgan fingerprint density at radius 1 is 1.50 bits per heavy atom. The predicted octanol–water partition coefficient (Wildman–Crippen LogP) is 0.428. The highest BCUT2D eigenvalue weighted by molar-refractivity contribution is 5.78. The normalized spacial score (nSPS) is 12.8. The lowest BCUT2D eigenvalue weighted by atomic mass is 10.0. The number of aryl methyl sites for hydroxylation is 2. The molecule has 0 saturated carbocycles. The molecular formula is C12H13NO5. The average molecular weight is 251 g/mol. The van der Waals surface area contributed by atoms with Crippen molar-refractivity contribution in [2.45, 2.75) is 19.4 Å². The van der Waals surface area contributed by atoms with Gasteiger partial charge in [-0.15, -0.1) is 0 Å². The topological polar surface area (TPSA) is 92.7 Å². The number of aromatic nitrogens is 1. The Bertz CT molecular complexity index is 667. The molecule has 1 aromatic heterocycles. The monoisotopic (exact) mass is 251 g/mol. The molecule has 0 aliphatic carbocycles. The number of benzene rings is 1. The van der Waals surface area contributed by atoms with E-state index in [1.54, 1.807) is 26.1 Å². The number of oxazole rings is 1. The van der Waals surface area contributed by atoms with Crippen molar-refractivity contribution in [2.75, 3.05) is 0 Å². The summed E-state index contributed by atoms with van der Waals surface area (Å²) in [5, 5.41) is 18.0. The maximum Gasteiger partial charge on any atom is 0.419 e. The van der Waals surface area contributed by atoms with Crippen LogP contribution >= 0.6 is 0 Å². The number of hydrogen-bond acceptors (Lipinski definition) is 4. The standard InChI is InChI=1S/C12H13NO5/c1-6-3-7(4-8(14)11(15)16)5-9-10(6)13(2)12(17)18-9/h3,5,8,14H,4H2,1-2H3,(H,15,16)/t8-/m1/s1. The van der Waals surface area contributed by atoms with Crippen molar-refractivity contribution in [2.24, 2.45) is 7.05 Å². The van der Waals surface area contributed by atoms with E-state index >= 15 is 0 Å². The quantitative estimate of drug-likeness (QED) is 0.825. The zero-order valence-electron chi connectivity index (χ0n) is 10.0. The van der Waals surface area contributed by atoms with E-state index in [0.29, 0.717) is 16.7 Å². The van der Waals surface area contributed by atoms with Crippen LogP contribution in [0.5, 0.6) is 0 Å². The molecule has 0 aliphatic heterocycles. The summed E-state index contributed by atoms with van der Waals surface area (Å²) in [5.41, 5.74) is 2.49. The molecule has 0 spiro atoms. The van der Waals surface area contributed by atoms with E-state index in [9.17, 15) is 14.7 Å². The second-order valence-corrected chi connectivity index (χ2v) is 4.24. The molecule has 0 unspecified atom stereocenters. The van der Waals surface area contributed by atoms with E-state index in [2.05, 4.69) is 0 Å². The SMILES string of the molecule is Cc1cc(C[C@@H](O)C(=O)O)cc2oc(=O)n(C)c12. The van der Waals surface area contributed by atoms with Crippen LogP contribution in [0.4, 0.5) is 0 Å². The molecule has 6 heteroatoms. The van der Waals surface area contributed by atoms with Gasteiger partial charge in [0.15, 0.2) is 11.7 Å². The van der Waals surface area contributed by atoms with Gasteiger partial charge in [-0.25, -0.2) is 9.59 Å². The number of fused-ring (bicyclic) bond motifs is 1. The minimum atomic E-state index is -1.46. The number of nitrogens with zero attached hydrogens (tertiary/aromatic N) is 1. The fourth-order valence-corrected chi connectivity index (χ4v) is 2.01. The van der Waals surface area contributed by atoms with Crippen LogP contribution in [0.1, 0.15) is 11.1 Å². The smallest absolute Gasteiger partial charge is 0.419 e. The average Bonchev–Trinajstić information content (AvgIpc) is 2.54. The molecule has 2 N–H and O–H groups in total. The van der Waals surface area contributed by atoms with E-state index in [-0.39, 0.29) is 6.42 Å². The lowest BCUT2D eigenvalue weighted by Gasteiger charge is -2.07. The van der Waals surface area contributed by atoms with Crippen molar-refractivity contribution in [3.63, 3.8) is 0 Å². The Balaban J connectivity index is 2.50. The van der Waals surface area contributed by atoms with Crippen LogP contribution < -0.4 is 5.76 Å². The minimum Gasteiger partial charge on any atom is -0.479 e. The molecule has 0 fully saturated rings. The number of hydrogen-bond donors (Lipinski definition) is 2. The number of aliphatic hydroxyl groups is 1. The number of rotatable bonds is 3. The summed E-state index contributed by atoms with van der Waals surface area (Å²) in [6.45, 7) is 1.80. The molecule has 0 bridgehead atoms. The summed E-state index contributed by atoms with van der Waals surface area (Å²) in [6, 6.07) is 3.32. The highest BCUT2D eigenvalue weighted by Crippen LogP contribution is 2.20. The van der Waals surface area contributed by atoms with Gasteiger partial charge in [-0.05, 0) is 24.1 Å². The maximum atomic E-state index is 11.4. The lowest BCUT2D eigenvalue weighted by Crippen LogP contribution is -2.22. The Labute approximate surface area is 102 Å². The van der Waals surface area contributed by atoms with Crippen molar-refractivity contribution in [3.8, 4) is 0 Å². The van der Waals surface area contributed by atoms with E-state index in [0.717, 1.165) is 5.56 Å². The maximum absolute atomic E-state index is 11.4. The van der Waals surface area contributed by atoms with Crippen molar-refractivity contribution >= 4 is 17.1 Å². The minimum absolute atomic E-state index is 0.0231. The molecular weight excluding hydrogens is 238 g/mol. The Kier molecular flexibility index (Phi) is 2.96. The van der Waals surface area contributed by atoms with Crippen LogP contribution in [0.3, 0.4) is 0 Å². The van der Waals surface area contributed by atoms with Gasteiger partial charge in [0.1, 0.15) is 0 Å². The summed E-state index contributed by atoms with van der Waals surface area (Å²) < 4.78 is 6.43. The van der Waals surface area contributed by atoms with Crippen LogP contribution in [0.15, 0.2) is 21.3 Å². The van der Waals surface area contributed by atoms with Gasteiger partial charge < -0.3 is 14.6 Å². The van der Waals surface area contributed by atoms with Gasteiger partial charge in [0.25, 0.3) is 0 Å². The second kappa shape index (κ2) is 4.30. The molecule has 96 valence electrons. The van der Waals surface area contributed by atoms with Gasteiger partial charge in [0.2, 0.25) is 0 Å². The fourth-order valence-electron chi connectivity index (χ4n) is 2.01. The van der Waals surface area contributed by atoms with Crippen molar-refractivity contribution in [1.29, 1.82) is 0 Å². The van der Waals surface area contributed by atoms with E-state index < -0.39 is 17.8 Å². The molecule has 0 radical (unpaired) electrons. The molecule has 2 aromatic rings. The lowest BCUT2D eigenvalue weighted by molar-refractivity contribution is -0.146. The van der Waals surface area contributed by atoms with Crippen LogP contribution in [0, 0.1) is 6.92 Å². The first-order valence-corrected chi connectivity index (χ1v) is 5.40. The molecule has 0 saturated heterocycles. The third kappa shape index (κ3) is 2.02. The fraction of sp³-hybridized carbons (Fsp3) is 0.333. The Morgan fingerprint density at radius 3 is 2.78 bits per heavy atom. The molecule has 0 amide bonds. The number of carboxylic acids is 1. The van der Waals surface area contributed by atoms with Gasteiger partial charge in [-0.1, -0.05) is 6.07 Å². The third-order valence-electron chi connectivity index (χ3n) is 2.85. The van der Waals surface area contributed by atoms with Crippen molar-refractivity contribution in [3.05, 3.63) is 33.8 Å². The molecule has 2 rings (SSSR count). The first kappa shape index (κ1) is 12.4. The number of carboxylic acid groups (broad SMARTS) is 1. The van der Waals surface area contributed by atoms with Crippen LogP contribution in [-0.4, -0.2) is 26.9 Å². The van der Waals surface area contributed by atoms with Gasteiger partial charge in [0, 0.05) is 13.5 Å². The Morgan fingerprint density at radius 2 is 2.17 bits per heavy atom. The van der Waals surface area contributed by atoms with Crippen LogP contribution in [0.25, 0.3) is 11.1 Å². The number of carbonyl (C=O) groups is 1. The first-order valence-electron chi connectivity index (χ1n) is 5.40. The van der Waals surface area contributed by atoms with Gasteiger partial charge in [0.05, 0.1) is 5.52 Å². The first-order chi connectivity index (χ1) is 8.40.